The number of ether oxygens (including phenoxy) is 1. The predicted octanol–water partition coefficient (Wildman–Crippen LogP) is 7.27. The smallest absolute Gasteiger partial charge is 0.269 e. The monoisotopic (exact) mass is 476 g/mol. The van der Waals surface area contributed by atoms with Crippen LogP contribution in [0.3, 0.4) is 0 Å². The molecule has 5 nitrogen and oxygen atoms in total. The summed E-state index contributed by atoms with van der Waals surface area (Å²) >= 11 is 0. The topological polar surface area (TPSA) is 64.4 Å². The van der Waals surface area contributed by atoms with Gasteiger partial charge in [-0.3, -0.25) is 10.1 Å². The number of benzene rings is 4. The molecule has 0 saturated heterocycles. The maximum Gasteiger partial charge on any atom is 0.269 e. The van der Waals surface area contributed by atoms with Crippen LogP contribution in [0.2, 0.25) is 0 Å². The Balaban J connectivity index is 1.68. The van der Waals surface area contributed by atoms with Crippen molar-refractivity contribution in [1.29, 1.82) is 0 Å². The summed E-state index contributed by atoms with van der Waals surface area (Å²) in [7, 11) is 0. The number of nitro groups is 1. The number of rotatable bonds is 6. The van der Waals surface area contributed by atoms with Gasteiger partial charge in [0, 0.05) is 17.5 Å². The van der Waals surface area contributed by atoms with Crippen LogP contribution >= 0.6 is 0 Å². The number of nitro benzene ring substituents is 1. The molecule has 1 fully saturated rings. The summed E-state index contributed by atoms with van der Waals surface area (Å²) in [4.78, 5) is 11.0. The molecule has 1 atom stereocenters. The van der Waals surface area contributed by atoms with Gasteiger partial charge in [-0.25, -0.2) is 0 Å². The molecule has 1 aliphatic heterocycles. The molecule has 36 heavy (non-hydrogen) atoms. The molecule has 1 heterocycles. The van der Waals surface area contributed by atoms with E-state index in [2.05, 4.69) is 78.1 Å². The molecule has 4 aromatic carbocycles. The first-order valence-electron chi connectivity index (χ1n) is 12.5. The van der Waals surface area contributed by atoms with Crippen molar-refractivity contribution in [1.82, 2.24) is 0 Å². The number of non-ortho nitro benzene ring substituents is 1. The lowest BCUT2D eigenvalue weighted by molar-refractivity contribution is -0.384. The van der Waals surface area contributed by atoms with Gasteiger partial charge in [0.25, 0.3) is 5.69 Å². The second kappa shape index (κ2) is 8.52. The van der Waals surface area contributed by atoms with Crippen LogP contribution in [0.5, 0.6) is 5.75 Å². The fraction of sp³-hybridized carbons (Fsp3) is 0.226. The molecule has 1 aliphatic carbocycles. The zero-order valence-electron chi connectivity index (χ0n) is 20.2. The van der Waals surface area contributed by atoms with Gasteiger partial charge >= 0.3 is 0 Å². The minimum absolute atomic E-state index is 0.0483. The van der Waals surface area contributed by atoms with Crippen LogP contribution in [0.4, 0.5) is 11.4 Å². The van der Waals surface area contributed by atoms with Crippen molar-refractivity contribution in [2.24, 2.45) is 5.41 Å². The maximum absolute atomic E-state index is 11.4. The molecular formula is C31H28N2O3. The third-order valence-corrected chi connectivity index (χ3v) is 7.96. The fourth-order valence-electron chi connectivity index (χ4n) is 6.45. The Hall–Kier alpha value is -4.12. The summed E-state index contributed by atoms with van der Waals surface area (Å²) in [6.07, 6.45) is 2.06. The van der Waals surface area contributed by atoms with Crippen molar-refractivity contribution in [3.8, 4) is 5.75 Å². The van der Waals surface area contributed by atoms with Crippen LogP contribution in [0, 0.1) is 15.5 Å². The molecule has 5 heteroatoms. The zero-order chi connectivity index (χ0) is 24.8. The summed E-state index contributed by atoms with van der Waals surface area (Å²) in [6.45, 7) is 2.56. The van der Waals surface area contributed by atoms with Crippen molar-refractivity contribution < 1.29 is 9.66 Å². The number of nitrogens with zero attached hydrogens (tertiary/aromatic N) is 1. The maximum atomic E-state index is 11.4. The highest BCUT2D eigenvalue weighted by atomic mass is 16.6. The minimum Gasteiger partial charge on any atom is -0.492 e. The molecule has 6 rings (SSSR count). The number of fused-ring (bicyclic) bond motifs is 1. The molecule has 180 valence electrons. The van der Waals surface area contributed by atoms with Gasteiger partial charge in [0.15, 0.2) is 0 Å². The molecule has 0 bridgehead atoms. The molecule has 1 N–H and O–H groups in total. The highest BCUT2D eigenvalue weighted by Crippen LogP contribution is 2.74. The van der Waals surface area contributed by atoms with Gasteiger partial charge in [-0.1, -0.05) is 84.9 Å². The van der Waals surface area contributed by atoms with E-state index in [0.29, 0.717) is 6.61 Å². The van der Waals surface area contributed by atoms with Gasteiger partial charge < -0.3 is 10.1 Å². The Labute approximate surface area is 210 Å². The quantitative estimate of drug-likeness (QED) is 0.235. The average Bonchev–Trinajstić information content (AvgIpc) is 3.71. The first kappa shape index (κ1) is 22.4. The van der Waals surface area contributed by atoms with Crippen molar-refractivity contribution in [2.75, 3.05) is 11.9 Å². The molecule has 2 aliphatic rings. The third-order valence-electron chi connectivity index (χ3n) is 7.96. The zero-order valence-corrected chi connectivity index (χ0v) is 20.2. The Morgan fingerprint density at radius 1 is 0.861 bits per heavy atom. The summed E-state index contributed by atoms with van der Waals surface area (Å²) in [6, 6.07) is 34.9. The van der Waals surface area contributed by atoms with Crippen LogP contribution in [0.1, 0.15) is 48.1 Å². The molecular weight excluding hydrogens is 448 g/mol. The van der Waals surface area contributed by atoms with Crippen LogP contribution < -0.4 is 10.1 Å². The first-order valence-corrected chi connectivity index (χ1v) is 12.5. The SMILES string of the molecule is CCOc1cccc2c1NC(c1ccc([N+](=O)[O-])cc1)C1(CC1)C2(c1ccccc1)c1ccccc1. The number of hydrogen-bond acceptors (Lipinski definition) is 4. The first-order chi connectivity index (χ1) is 17.6. The Morgan fingerprint density at radius 3 is 2.00 bits per heavy atom. The van der Waals surface area contributed by atoms with Crippen LogP contribution in [-0.2, 0) is 5.41 Å². The molecule has 0 amide bonds. The van der Waals surface area contributed by atoms with Gasteiger partial charge in [0.05, 0.1) is 28.7 Å². The number of hydrogen-bond donors (Lipinski definition) is 1. The largest absolute Gasteiger partial charge is 0.492 e. The molecule has 1 saturated carbocycles. The number of nitrogens with one attached hydrogen (secondary N) is 1. The Bertz CT molecular complexity index is 1360. The second-order valence-electron chi connectivity index (χ2n) is 9.68. The normalized spacial score (nSPS) is 18.6. The van der Waals surface area contributed by atoms with E-state index in [9.17, 15) is 10.1 Å². The summed E-state index contributed by atoms with van der Waals surface area (Å²) in [5.74, 6) is 0.827. The van der Waals surface area contributed by atoms with E-state index < -0.39 is 5.41 Å². The van der Waals surface area contributed by atoms with Crippen molar-refractivity contribution in [3.63, 3.8) is 0 Å². The summed E-state index contributed by atoms with van der Waals surface area (Å²) < 4.78 is 6.14. The Morgan fingerprint density at radius 2 is 1.47 bits per heavy atom. The summed E-state index contributed by atoms with van der Waals surface area (Å²) in [5.41, 5.74) is 5.28. The second-order valence-corrected chi connectivity index (χ2v) is 9.68. The van der Waals surface area contributed by atoms with Gasteiger partial charge in [0.2, 0.25) is 0 Å². The third kappa shape index (κ3) is 3.15. The van der Waals surface area contributed by atoms with E-state index in [1.54, 1.807) is 12.1 Å². The molecule has 4 aromatic rings. The predicted molar refractivity (Wildman–Crippen MR) is 142 cm³/mol. The summed E-state index contributed by atoms with van der Waals surface area (Å²) in [5, 5.41) is 15.2. The van der Waals surface area contributed by atoms with Crippen LogP contribution in [-0.4, -0.2) is 11.5 Å². The van der Waals surface area contributed by atoms with Gasteiger partial charge in [-0.2, -0.15) is 0 Å². The van der Waals surface area contributed by atoms with E-state index in [-0.39, 0.29) is 22.1 Å². The van der Waals surface area contributed by atoms with E-state index in [1.165, 1.54) is 16.7 Å². The van der Waals surface area contributed by atoms with Crippen molar-refractivity contribution in [2.45, 2.75) is 31.2 Å². The standard InChI is InChI=1S/C31H28N2O3/c1-2-36-27-15-9-14-26-28(27)32-29(22-16-18-25(19-17-22)33(34)35)30(20-21-30)31(26,23-10-5-3-6-11-23)24-12-7-4-8-13-24/h3-19,29,32H,2,20-21H2,1H3. The molecule has 1 spiro atoms. The van der Waals surface area contributed by atoms with Gasteiger partial charge in [0.1, 0.15) is 5.75 Å². The lowest BCUT2D eigenvalue weighted by atomic mass is 9.54. The van der Waals surface area contributed by atoms with Crippen LogP contribution in [0.15, 0.2) is 103 Å². The number of para-hydroxylation sites is 1. The van der Waals surface area contributed by atoms with Crippen molar-refractivity contribution in [3.05, 3.63) is 135 Å². The lowest BCUT2D eigenvalue weighted by Crippen LogP contribution is -2.48. The van der Waals surface area contributed by atoms with E-state index in [4.69, 9.17) is 4.74 Å². The highest BCUT2D eigenvalue weighted by Gasteiger charge is 2.68. The van der Waals surface area contributed by atoms with E-state index in [0.717, 1.165) is 29.8 Å². The molecule has 1 unspecified atom stereocenters. The van der Waals surface area contributed by atoms with Gasteiger partial charge in [-0.05, 0) is 48.1 Å². The van der Waals surface area contributed by atoms with E-state index in [1.807, 2.05) is 25.1 Å². The van der Waals surface area contributed by atoms with Gasteiger partial charge in [-0.15, -0.1) is 0 Å². The lowest BCUT2D eigenvalue weighted by Gasteiger charge is -2.52. The number of anilines is 1. The molecule has 0 radical (unpaired) electrons. The fourth-order valence-corrected chi connectivity index (χ4v) is 6.45. The van der Waals surface area contributed by atoms with E-state index >= 15 is 0 Å². The van der Waals surface area contributed by atoms with Crippen molar-refractivity contribution >= 4 is 11.4 Å². The molecule has 0 aromatic heterocycles. The highest BCUT2D eigenvalue weighted by molar-refractivity contribution is 5.75. The average molecular weight is 477 g/mol. The Kier molecular flexibility index (Phi) is 5.29. The van der Waals surface area contributed by atoms with Crippen LogP contribution in [0.25, 0.3) is 0 Å². The minimum atomic E-state index is -0.421.